The third-order valence-electron chi connectivity index (χ3n) is 3.23. The van der Waals surface area contributed by atoms with Crippen molar-refractivity contribution in [3.63, 3.8) is 0 Å². The molecule has 0 bridgehead atoms. The third kappa shape index (κ3) is 3.49. The van der Waals surface area contributed by atoms with Crippen molar-refractivity contribution in [1.29, 1.82) is 0 Å². The molecule has 1 aromatic carbocycles. The van der Waals surface area contributed by atoms with E-state index in [0.717, 1.165) is 12.8 Å². The highest BCUT2D eigenvalue weighted by atomic mass is 79.9. The fourth-order valence-electron chi connectivity index (χ4n) is 2.05. The minimum atomic E-state index is -0.536. The molecule has 0 radical (unpaired) electrons. The molecule has 17 heavy (non-hydrogen) atoms. The quantitative estimate of drug-likeness (QED) is 0.817. The van der Waals surface area contributed by atoms with Crippen molar-refractivity contribution in [2.75, 3.05) is 0 Å². The molecule has 2 N–H and O–H groups in total. The second-order valence-electron chi connectivity index (χ2n) is 4.27. The Bertz CT molecular complexity index is 378. The molecular weight excluding hydrogens is 288 g/mol. The van der Waals surface area contributed by atoms with Gasteiger partial charge in [-0.15, -0.1) is 0 Å². The summed E-state index contributed by atoms with van der Waals surface area (Å²) in [5.74, 6) is -0.758. The smallest absolute Gasteiger partial charge is 0.143 e. The fraction of sp³-hybridized carbons (Fsp3) is 0.538. The Morgan fingerprint density at radius 3 is 2.35 bits per heavy atom. The van der Waals surface area contributed by atoms with E-state index in [1.165, 1.54) is 12.1 Å². The first-order chi connectivity index (χ1) is 8.01. The molecule has 0 aliphatic rings. The number of nitrogens with two attached hydrogens (primary N) is 1. The minimum Gasteiger partial charge on any atom is -0.327 e. The van der Waals surface area contributed by atoms with E-state index < -0.39 is 11.6 Å². The zero-order chi connectivity index (χ0) is 13.0. The van der Waals surface area contributed by atoms with Gasteiger partial charge in [0.1, 0.15) is 11.6 Å². The minimum absolute atomic E-state index is 0.0822. The van der Waals surface area contributed by atoms with Crippen molar-refractivity contribution in [2.45, 2.75) is 39.2 Å². The van der Waals surface area contributed by atoms with Gasteiger partial charge in [-0.05, 0) is 40.4 Å². The lowest BCUT2D eigenvalue weighted by Gasteiger charge is -2.21. The van der Waals surface area contributed by atoms with Crippen LogP contribution in [0.3, 0.4) is 0 Å². The first-order valence-electron chi connectivity index (χ1n) is 5.89. The van der Waals surface area contributed by atoms with E-state index in [1.807, 2.05) is 13.8 Å². The molecule has 0 saturated heterocycles. The van der Waals surface area contributed by atoms with Gasteiger partial charge in [0.15, 0.2) is 0 Å². The Balaban J connectivity index is 2.91. The lowest BCUT2D eigenvalue weighted by molar-refractivity contribution is 0.384. The van der Waals surface area contributed by atoms with Gasteiger partial charge in [0, 0.05) is 11.6 Å². The second kappa shape index (κ2) is 6.45. The van der Waals surface area contributed by atoms with Gasteiger partial charge in [-0.25, -0.2) is 8.78 Å². The highest BCUT2D eigenvalue weighted by Gasteiger charge is 2.20. The van der Waals surface area contributed by atoms with Gasteiger partial charge in [0.05, 0.1) is 4.47 Å². The summed E-state index contributed by atoms with van der Waals surface area (Å²) in [4.78, 5) is 0. The van der Waals surface area contributed by atoms with Crippen molar-refractivity contribution in [1.82, 2.24) is 0 Å². The van der Waals surface area contributed by atoms with E-state index in [1.54, 1.807) is 0 Å². The molecule has 0 spiro atoms. The Morgan fingerprint density at radius 2 is 1.82 bits per heavy atom. The predicted octanol–water partition coefficient (Wildman–Crippen LogP) is 4.03. The highest BCUT2D eigenvalue weighted by Crippen LogP contribution is 2.24. The number of hydrogen-bond donors (Lipinski definition) is 1. The van der Waals surface area contributed by atoms with Gasteiger partial charge in [0.2, 0.25) is 0 Å². The van der Waals surface area contributed by atoms with Gasteiger partial charge in [-0.1, -0.05) is 26.7 Å². The van der Waals surface area contributed by atoms with Crippen LogP contribution in [-0.2, 0) is 6.42 Å². The van der Waals surface area contributed by atoms with E-state index in [2.05, 4.69) is 15.9 Å². The largest absolute Gasteiger partial charge is 0.327 e. The SMILES string of the molecule is CCC(CC)C(N)Cc1c(F)ccc(Br)c1F. The van der Waals surface area contributed by atoms with Crippen LogP contribution in [0.4, 0.5) is 8.78 Å². The molecule has 0 amide bonds. The maximum absolute atomic E-state index is 13.8. The average Bonchev–Trinajstić information content (AvgIpc) is 2.31. The standard InChI is InChI=1S/C13H18BrF2N/c1-3-8(4-2)12(17)7-9-11(15)6-5-10(14)13(9)16/h5-6,8,12H,3-4,7,17H2,1-2H3. The molecule has 1 aromatic rings. The first kappa shape index (κ1) is 14.6. The summed E-state index contributed by atoms with van der Waals surface area (Å²) in [5.41, 5.74) is 6.09. The highest BCUT2D eigenvalue weighted by molar-refractivity contribution is 9.10. The molecule has 0 aliphatic carbocycles. The molecule has 0 aliphatic heterocycles. The van der Waals surface area contributed by atoms with Crippen molar-refractivity contribution in [3.05, 3.63) is 33.8 Å². The van der Waals surface area contributed by atoms with Crippen LogP contribution in [0.25, 0.3) is 0 Å². The third-order valence-corrected chi connectivity index (χ3v) is 3.85. The molecule has 1 atom stereocenters. The topological polar surface area (TPSA) is 26.0 Å². The second-order valence-corrected chi connectivity index (χ2v) is 5.12. The van der Waals surface area contributed by atoms with Crippen molar-refractivity contribution in [3.8, 4) is 0 Å². The number of halogens is 3. The lowest BCUT2D eigenvalue weighted by Crippen LogP contribution is -2.32. The van der Waals surface area contributed by atoms with Gasteiger partial charge < -0.3 is 5.73 Å². The Kier molecular flexibility index (Phi) is 5.53. The van der Waals surface area contributed by atoms with Crippen LogP contribution < -0.4 is 5.73 Å². The number of rotatable bonds is 5. The van der Waals surface area contributed by atoms with E-state index >= 15 is 0 Å². The fourth-order valence-corrected chi connectivity index (χ4v) is 2.42. The number of benzene rings is 1. The summed E-state index contributed by atoms with van der Waals surface area (Å²) >= 11 is 3.06. The Labute approximate surface area is 110 Å². The molecule has 1 nitrogen and oxygen atoms in total. The normalized spacial score (nSPS) is 13.1. The predicted molar refractivity (Wildman–Crippen MR) is 69.8 cm³/mol. The van der Waals surface area contributed by atoms with Gasteiger partial charge in [0.25, 0.3) is 0 Å². The summed E-state index contributed by atoms with van der Waals surface area (Å²) in [7, 11) is 0. The van der Waals surface area contributed by atoms with Crippen molar-refractivity contribution >= 4 is 15.9 Å². The molecule has 96 valence electrons. The van der Waals surface area contributed by atoms with Crippen molar-refractivity contribution in [2.24, 2.45) is 11.7 Å². The Hall–Kier alpha value is -0.480. The summed E-state index contributed by atoms with van der Waals surface area (Å²) in [6, 6.07) is 2.43. The monoisotopic (exact) mass is 305 g/mol. The molecule has 0 heterocycles. The molecule has 0 aromatic heterocycles. The molecule has 1 rings (SSSR count). The van der Waals surface area contributed by atoms with Crippen LogP contribution >= 0.6 is 15.9 Å². The van der Waals surface area contributed by atoms with Crippen LogP contribution in [0, 0.1) is 17.6 Å². The summed E-state index contributed by atoms with van der Waals surface area (Å²) in [6.07, 6.45) is 2.09. The first-order valence-corrected chi connectivity index (χ1v) is 6.68. The van der Waals surface area contributed by atoms with Gasteiger partial charge >= 0.3 is 0 Å². The van der Waals surface area contributed by atoms with Crippen LogP contribution in [-0.4, -0.2) is 6.04 Å². The van der Waals surface area contributed by atoms with Crippen LogP contribution in [0.2, 0.25) is 0 Å². The Morgan fingerprint density at radius 1 is 1.24 bits per heavy atom. The summed E-state index contributed by atoms with van der Waals surface area (Å²) in [5, 5.41) is 0. The average molecular weight is 306 g/mol. The van der Waals surface area contributed by atoms with Gasteiger partial charge in [-0.3, -0.25) is 0 Å². The summed E-state index contributed by atoms with van der Waals surface area (Å²) < 4.78 is 27.6. The van der Waals surface area contributed by atoms with E-state index in [9.17, 15) is 8.78 Å². The van der Waals surface area contributed by atoms with E-state index in [4.69, 9.17) is 5.73 Å². The van der Waals surface area contributed by atoms with Crippen LogP contribution in [0.1, 0.15) is 32.3 Å². The van der Waals surface area contributed by atoms with Crippen LogP contribution in [0.15, 0.2) is 16.6 Å². The maximum Gasteiger partial charge on any atom is 0.143 e. The molecular formula is C13H18BrF2N. The van der Waals surface area contributed by atoms with E-state index in [0.29, 0.717) is 5.92 Å². The lowest BCUT2D eigenvalue weighted by atomic mass is 9.90. The number of hydrogen-bond acceptors (Lipinski definition) is 1. The molecule has 0 fully saturated rings. The molecule has 1 unspecified atom stereocenters. The summed E-state index contributed by atoms with van der Waals surface area (Å²) in [6.45, 7) is 4.09. The van der Waals surface area contributed by atoms with Gasteiger partial charge in [-0.2, -0.15) is 0 Å². The zero-order valence-electron chi connectivity index (χ0n) is 10.1. The van der Waals surface area contributed by atoms with Crippen molar-refractivity contribution < 1.29 is 8.78 Å². The zero-order valence-corrected chi connectivity index (χ0v) is 11.7. The molecule has 0 saturated carbocycles. The van der Waals surface area contributed by atoms with E-state index in [-0.39, 0.29) is 22.5 Å². The van der Waals surface area contributed by atoms with Crippen LogP contribution in [0.5, 0.6) is 0 Å². The molecule has 4 heteroatoms. The maximum atomic E-state index is 13.8.